The molecule has 21 heavy (non-hydrogen) atoms. The average Bonchev–Trinajstić information content (AvgIpc) is 2.53. The molecule has 2 N–H and O–H groups in total. The van der Waals surface area contributed by atoms with Crippen LogP contribution in [0.3, 0.4) is 0 Å². The van der Waals surface area contributed by atoms with Crippen molar-refractivity contribution in [3.05, 3.63) is 29.8 Å². The van der Waals surface area contributed by atoms with Gasteiger partial charge in [-0.05, 0) is 63.0 Å². The van der Waals surface area contributed by atoms with Gasteiger partial charge in [-0.3, -0.25) is 0 Å². The highest BCUT2D eigenvalue weighted by molar-refractivity contribution is 7.91. The Morgan fingerprint density at radius 2 is 1.86 bits per heavy atom. The molecule has 0 spiro atoms. The quantitative estimate of drug-likeness (QED) is 0.754. The fraction of sp³-hybridized carbons (Fsp3) is 0.625. The predicted molar refractivity (Wildman–Crippen MR) is 86.4 cm³/mol. The summed E-state index contributed by atoms with van der Waals surface area (Å²) in [5.74, 6) is 0.219. The van der Waals surface area contributed by atoms with Crippen molar-refractivity contribution in [3.8, 4) is 0 Å². The van der Waals surface area contributed by atoms with E-state index in [1.807, 2.05) is 12.1 Å². The molecule has 0 bridgehead atoms. The highest BCUT2D eigenvalue weighted by atomic mass is 32.2. The number of piperidine rings is 1. The van der Waals surface area contributed by atoms with Gasteiger partial charge in [0.15, 0.2) is 9.84 Å². The molecule has 0 amide bonds. The molecule has 1 fully saturated rings. The van der Waals surface area contributed by atoms with Crippen LogP contribution in [0, 0.1) is 0 Å². The molecule has 1 aliphatic rings. The highest BCUT2D eigenvalue weighted by Gasteiger charge is 2.15. The first-order valence-electron chi connectivity index (χ1n) is 7.87. The molecule has 1 saturated heterocycles. The van der Waals surface area contributed by atoms with E-state index < -0.39 is 9.84 Å². The summed E-state index contributed by atoms with van der Waals surface area (Å²) in [5.41, 5.74) is 1.17. The predicted octanol–water partition coefficient (Wildman–Crippen LogP) is 1.75. The second-order valence-corrected chi connectivity index (χ2v) is 7.76. The molecule has 1 aromatic rings. The van der Waals surface area contributed by atoms with Crippen molar-refractivity contribution in [2.75, 3.05) is 25.4 Å². The van der Waals surface area contributed by atoms with Gasteiger partial charge in [0.2, 0.25) is 0 Å². The minimum absolute atomic E-state index is 0.219. The molecule has 2 rings (SSSR count). The molecule has 1 aliphatic heterocycles. The standard InChI is InChI=1S/C16H26N2O2S/c1-2-14-4-6-16(7-5-14)21(19,20)13-3-10-18-15-8-11-17-12-9-15/h4-7,15,17-18H,2-3,8-13H2,1H3. The Bertz CT molecular complexity index is 520. The molecule has 0 saturated carbocycles. The molecule has 1 heterocycles. The monoisotopic (exact) mass is 310 g/mol. The van der Waals surface area contributed by atoms with E-state index in [1.165, 1.54) is 5.56 Å². The lowest BCUT2D eigenvalue weighted by Crippen LogP contribution is -2.40. The second kappa shape index (κ2) is 7.92. The number of aryl methyl sites for hydroxylation is 1. The van der Waals surface area contributed by atoms with Gasteiger partial charge in [-0.1, -0.05) is 19.1 Å². The van der Waals surface area contributed by atoms with Crippen LogP contribution in [0.25, 0.3) is 0 Å². The van der Waals surface area contributed by atoms with Gasteiger partial charge in [0, 0.05) is 6.04 Å². The van der Waals surface area contributed by atoms with Crippen LogP contribution in [-0.4, -0.2) is 39.8 Å². The fourth-order valence-electron chi connectivity index (χ4n) is 2.64. The van der Waals surface area contributed by atoms with Gasteiger partial charge in [-0.25, -0.2) is 8.42 Å². The normalized spacial score (nSPS) is 17.0. The molecule has 1 aromatic carbocycles. The van der Waals surface area contributed by atoms with Crippen LogP contribution in [0.2, 0.25) is 0 Å². The summed E-state index contributed by atoms with van der Waals surface area (Å²) in [6.45, 7) is 4.95. The molecule has 0 aliphatic carbocycles. The number of benzene rings is 1. The van der Waals surface area contributed by atoms with Crippen LogP contribution in [0.1, 0.15) is 31.7 Å². The Kier molecular flexibility index (Phi) is 6.21. The van der Waals surface area contributed by atoms with Gasteiger partial charge in [0.25, 0.3) is 0 Å². The van der Waals surface area contributed by atoms with Crippen molar-refractivity contribution in [1.82, 2.24) is 10.6 Å². The minimum Gasteiger partial charge on any atom is -0.317 e. The zero-order valence-corrected chi connectivity index (χ0v) is 13.6. The first-order valence-corrected chi connectivity index (χ1v) is 9.53. The maximum atomic E-state index is 12.2. The number of nitrogens with one attached hydrogen (secondary N) is 2. The van der Waals surface area contributed by atoms with Gasteiger partial charge < -0.3 is 10.6 Å². The van der Waals surface area contributed by atoms with Gasteiger partial charge >= 0.3 is 0 Å². The van der Waals surface area contributed by atoms with Crippen LogP contribution in [0.4, 0.5) is 0 Å². The number of rotatable bonds is 7. The summed E-state index contributed by atoms with van der Waals surface area (Å²) in [7, 11) is -3.14. The third-order valence-electron chi connectivity index (χ3n) is 4.05. The van der Waals surface area contributed by atoms with Crippen LogP contribution in [0.5, 0.6) is 0 Å². The maximum absolute atomic E-state index is 12.2. The molecule has 0 unspecified atom stereocenters. The summed E-state index contributed by atoms with van der Waals surface area (Å²) in [5, 5.41) is 6.78. The Hall–Kier alpha value is -0.910. The van der Waals surface area contributed by atoms with Gasteiger partial charge in [-0.15, -0.1) is 0 Å². The average molecular weight is 310 g/mol. The molecule has 118 valence electrons. The lowest BCUT2D eigenvalue weighted by Gasteiger charge is -2.23. The maximum Gasteiger partial charge on any atom is 0.178 e. The van der Waals surface area contributed by atoms with Gasteiger partial charge in [0.1, 0.15) is 0 Å². The first kappa shape index (κ1) is 16.5. The zero-order chi connectivity index (χ0) is 15.1. The van der Waals surface area contributed by atoms with E-state index in [2.05, 4.69) is 17.6 Å². The zero-order valence-electron chi connectivity index (χ0n) is 12.8. The highest BCUT2D eigenvalue weighted by Crippen LogP contribution is 2.13. The van der Waals surface area contributed by atoms with Crippen LogP contribution < -0.4 is 10.6 Å². The lowest BCUT2D eigenvalue weighted by atomic mass is 10.1. The number of hydrogen-bond acceptors (Lipinski definition) is 4. The van der Waals surface area contributed by atoms with Gasteiger partial charge in [-0.2, -0.15) is 0 Å². The lowest BCUT2D eigenvalue weighted by molar-refractivity contribution is 0.388. The molecule has 0 radical (unpaired) electrons. The number of hydrogen-bond donors (Lipinski definition) is 2. The first-order chi connectivity index (χ1) is 10.1. The Morgan fingerprint density at radius 1 is 1.19 bits per heavy atom. The Morgan fingerprint density at radius 3 is 2.48 bits per heavy atom. The van der Waals surface area contributed by atoms with Crippen molar-refractivity contribution in [3.63, 3.8) is 0 Å². The van der Waals surface area contributed by atoms with E-state index in [4.69, 9.17) is 0 Å². The largest absolute Gasteiger partial charge is 0.317 e. The number of sulfone groups is 1. The minimum atomic E-state index is -3.14. The van der Waals surface area contributed by atoms with Crippen molar-refractivity contribution < 1.29 is 8.42 Å². The van der Waals surface area contributed by atoms with Crippen LogP contribution in [-0.2, 0) is 16.3 Å². The van der Waals surface area contributed by atoms with E-state index in [0.29, 0.717) is 17.4 Å². The fourth-order valence-corrected chi connectivity index (χ4v) is 3.96. The van der Waals surface area contributed by atoms with E-state index >= 15 is 0 Å². The Balaban J connectivity index is 1.77. The van der Waals surface area contributed by atoms with Crippen molar-refractivity contribution >= 4 is 9.84 Å². The summed E-state index contributed by atoms with van der Waals surface area (Å²) in [6.07, 6.45) is 3.86. The van der Waals surface area contributed by atoms with E-state index in [0.717, 1.165) is 38.9 Å². The van der Waals surface area contributed by atoms with Gasteiger partial charge in [0.05, 0.1) is 10.6 Å². The van der Waals surface area contributed by atoms with Crippen LogP contribution >= 0.6 is 0 Å². The molecule has 0 atom stereocenters. The SMILES string of the molecule is CCc1ccc(S(=O)(=O)CCCNC2CCNCC2)cc1. The van der Waals surface area contributed by atoms with E-state index in [1.54, 1.807) is 12.1 Å². The van der Waals surface area contributed by atoms with Crippen molar-refractivity contribution in [2.45, 2.75) is 43.5 Å². The third-order valence-corrected chi connectivity index (χ3v) is 5.87. The second-order valence-electron chi connectivity index (χ2n) is 5.65. The van der Waals surface area contributed by atoms with Crippen LogP contribution in [0.15, 0.2) is 29.2 Å². The summed E-state index contributed by atoms with van der Waals surface area (Å²) in [6, 6.07) is 7.81. The molecule has 0 aromatic heterocycles. The van der Waals surface area contributed by atoms with Crippen molar-refractivity contribution in [2.24, 2.45) is 0 Å². The summed E-state index contributed by atoms with van der Waals surface area (Å²) < 4.78 is 24.5. The third kappa shape index (κ3) is 5.09. The van der Waals surface area contributed by atoms with E-state index in [-0.39, 0.29) is 5.75 Å². The molecule has 5 heteroatoms. The smallest absolute Gasteiger partial charge is 0.178 e. The molecule has 4 nitrogen and oxygen atoms in total. The summed E-state index contributed by atoms with van der Waals surface area (Å²) in [4.78, 5) is 0.446. The topological polar surface area (TPSA) is 58.2 Å². The molecular weight excluding hydrogens is 284 g/mol. The van der Waals surface area contributed by atoms with Crippen molar-refractivity contribution in [1.29, 1.82) is 0 Å². The molecular formula is C16H26N2O2S. The van der Waals surface area contributed by atoms with E-state index in [9.17, 15) is 8.42 Å². The Labute approximate surface area is 128 Å². The summed E-state index contributed by atoms with van der Waals surface area (Å²) >= 11 is 0.